The van der Waals surface area contributed by atoms with Crippen LogP contribution >= 0.6 is 0 Å². The number of hydrogen-bond donors (Lipinski definition) is 1. The van der Waals surface area contributed by atoms with E-state index in [2.05, 4.69) is 27.4 Å². The number of nitrogens with zero attached hydrogens (tertiary/aromatic N) is 3. The van der Waals surface area contributed by atoms with Gasteiger partial charge in [0.05, 0.1) is 0 Å². The number of hydrogen-bond acceptors (Lipinski definition) is 4. The van der Waals surface area contributed by atoms with Crippen molar-refractivity contribution in [3.8, 4) is 0 Å². The van der Waals surface area contributed by atoms with Gasteiger partial charge >= 0.3 is 0 Å². The number of aromatic nitrogens is 2. The predicted molar refractivity (Wildman–Crippen MR) is 58.5 cm³/mol. The van der Waals surface area contributed by atoms with Crippen LogP contribution in [-0.2, 0) is 0 Å². The molecule has 0 aromatic carbocycles. The summed E-state index contributed by atoms with van der Waals surface area (Å²) in [5.74, 6) is 0.565. The Morgan fingerprint density at radius 1 is 1.36 bits per heavy atom. The molecule has 1 aromatic rings. The average Bonchev–Trinajstić information content (AvgIpc) is 2.12. The fraction of sp³-hybridized carbons (Fsp3) is 0.500. The van der Waals surface area contributed by atoms with Gasteiger partial charge in [0.2, 0.25) is 5.95 Å². The zero-order valence-electron chi connectivity index (χ0n) is 9.13. The third-order valence-electron chi connectivity index (χ3n) is 1.84. The maximum Gasteiger partial charge on any atom is 0.243 e. The minimum atomic E-state index is 0.565. The Hall–Kier alpha value is -1.45. The van der Waals surface area contributed by atoms with Crippen molar-refractivity contribution in [3.05, 3.63) is 17.5 Å². The highest BCUT2D eigenvalue weighted by Crippen LogP contribution is 2.03. The van der Waals surface area contributed by atoms with Crippen molar-refractivity contribution < 1.29 is 0 Å². The molecule has 0 aliphatic carbocycles. The molecule has 0 radical (unpaired) electrons. The SMILES string of the molecule is CC/C(C)=N/Nc1nc(C)cc(C)n1. The van der Waals surface area contributed by atoms with E-state index in [0.717, 1.165) is 23.5 Å². The van der Waals surface area contributed by atoms with E-state index in [9.17, 15) is 0 Å². The number of aryl methyl sites for hydroxylation is 2. The van der Waals surface area contributed by atoms with Crippen molar-refractivity contribution in [2.45, 2.75) is 34.1 Å². The van der Waals surface area contributed by atoms with E-state index in [4.69, 9.17) is 0 Å². The highest BCUT2D eigenvalue weighted by molar-refractivity contribution is 5.82. The lowest BCUT2D eigenvalue weighted by atomic mass is 10.3. The second kappa shape index (κ2) is 4.69. The van der Waals surface area contributed by atoms with Crippen molar-refractivity contribution in [2.75, 3.05) is 5.43 Å². The molecule has 1 heterocycles. The molecular weight excluding hydrogens is 176 g/mol. The van der Waals surface area contributed by atoms with Gasteiger partial charge in [-0.1, -0.05) is 6.92 Å². The van der Waals surface area contributed by atoms with Crippen LogP contribution in [0, 0.1) is 13.8 Å². The normalized spacial score (nSPS) is 11.6. The van der Waals surface area contributed by atoms with Gasteiger partial charge in [-0.3, -0.25) is 0 Å². The molecule has 0 saturated carbocycles. The first kappa shape index (κ1) is 10.6. The molecule has 14 heavy (non-hydrogen) atoms. The van der Waals surface area contributed by atoms with Crippen LogP contribution in [0.2, 0.25) is 0 Å². The minimum Gasteiger partial charge on any atom is -0.245 e. The zero-order valence-corrected chi connectivity index (χ0v) is 9.13. The molecule has 0 spiro atoms. The maximum atomic E-state index is 4.21. The predicted octanol–water partition coefficient (Wildman–Crippen LogP) is 2.29. The van der Waals surface area contributed by atoms with Crippen LogP contribution in [0.3, 0.4) is 0 Å². The molecule has 4 heteroatoms. The summed E-state index contributed by atoms with van der Waals surface area (Å²) >= 11 is 0. The molecule has 0 atom stereocenters. The summed E-state index contributed by atoms with van der Waals surface area (Å²) in [7, 11) is 0. The Morgan fingerprint density at radius 2 is 1.93 bits per heavy atom. The maximum absolute atomic E-state index is 4.21. The smallest absolute Gasteiger partial charge is 0.243 e. The minimum absolute atomic E-state index is 0.565. The molecule has 0 aliphatic heterocycles. The Bertz CT molecular complexity index is 324. The Kier molecular flexibility index (Phi) is 3.56. The summed E-state index contributed by atoms with van der Waals surface area (Å²) in [5, 5.41) is 4.14. The number of hydrazone groups is 1. The van der Waals surface area contributed by atoms with E-state index >= 15 is 0 Å². The van der Waals surface area contributed by atoms with E-state index in [0.29, 0.717) is 5.95 Å². The molecule has 0 unspecified atom stereocenters. The van der Waals surface area contributed by atoms with Crippen LogP contribution < -0.4 is 5.43 Å². The first-order valence-corrected chi connectivity index (χ1v) is 4.73. The summed E-state index contributed by atoms with van der Waals surface area (Å²) in [6, 6.07) is 1.93. The topological polar surface area (TPSA) is 50.2 Å². The fourth-order valence-corrected chi connectivity index (χ4v) is 1.00. The molecule has 1 rings (SSSR count). The van der Waals surface area contributed by atoms with Crippen molar-refractivity contribution in [1.82, 2.24) is 9.97 Å². The van der Waals surface area contributed by atoms with Gasteiger partial charge in [0.1, 0.15) is 0 Å². The lowest BCUT2D eigenvalue weighted by molar-refractivity contribution is 1.03. The van der Waals surface area contributed by atoms with Crippen molar-refractivity contribution in [2.24, 2.45) is 5.10 Å². The third kappa shape index (κ3) is 3.12. The van der Waals surface area contributed by atoms with Crippen molar-refractivity contribution in [3.63, 3.8) is 0 Å². The van der Waals surface area contributed by atoms with E-state index in [1.807, 2.05) is 26.8 Å². The van der Waals surface area contributed by atoms with Gasteiger partial charge in [-0.05, 0) is 33.3 Å². The first-order valence-electron chi connectivity index (χ1n) is 4.73. The summed E-state index contributed by atoms with van der Waals surface area (Å²) in [5.41, 5.74) is 5.77. The molecule has 76 valence electrons. The van der Waals surface area contributed by atoms with E-state index in [1.54, 1.807) is 0 Å². The highest BCUT2D eigenvalue weighted by atomic mass is 15.4. The van der Waals surface area contributed by atoms with Crippen LogP contribution in [0.25, 0.3) is 0 Å². The molecule has 4 nitrogen and oxygen atoms in total. The summed E-state index contributed by atoms with van der Waals surface area (Å²) < 4.78 is 0. The van der Waals surface area contributed by atoms with E-state index in [-0.39, 0.29) is 0 Å². The van der Waals surface area contributed by atoms with Crippen LogP contribution in [0.15, 0.2) is 11.2 Å². The molecule has 1 aromatic heterocycles. The number of rotatable bonds is 3. The fourth-order valence-electron chi connectivity index (χ4n) is 1.00. The summed E-state index contributed by atoms with van der Waals surface area (Å²) in [4.78, 5) is 8.42. The van der Waals surface area contributed by atoms with Gasteiger partial charge in [-0.2, -0.15) is 5.10 Å². The molecule has 0 bridgehead atoms. The lowest BCUT2D eigenvalue weighted by Crippen LogP contribution is -2.01. The van der Waals surface area contributed by atoms with Gasteiger partial charge in [0.15, 0.2) is 0 Å². The van der Waals surface area contributed by atoms with Crippen LogP contribution in [-0.4, -0.2) is 15.7 Å². The van der Waals surface area contributed by atoms with Gasteiger partial charge in [0, 0.05) is 17.1 Å². The molecule has 0 saturated heterocycles. The third-order valence-corrected chi connectivity index (χ3v) is 1.84. The first-order chi connectivity index (χ1) is 6.61. The van der Waals surface area contributed by atoms with Crippen molar-refractivity contribution in [1.29, 1.82) is 0 Å². The zero-order chi connectivity index (χ0) is 10.6. The Balaban J connectivity index is 2.77. The molecule has 0 fully saturated rings. The highest BCUT2D eigenvalue weighted by Gasteiger charge is 1.97. The number of anilines is 1. The van der Waals surface area contributed by atoms with Crippen molar-refractivity contribution >= 4 is 11.7 Å². The van der Waals surface area contributed by atoms with Gasteiger partial charge in [-0.15, -0.1) is 0 Å². The van der Waals surface area contributed by atoms with Crippen LogP contribution in [0.5, 0.6) is 0 Å². The lowest BCUT2D eigenvalue weighted by Gasteiger charge is -2.02. The average molecular weight is 192 g/mol. The van der Waals surface area contributed by atoms with Gasteiger partial charge in [-0.25, -0.2) is 15.4 Å². The van der Waals surface area contributed by atoms with Gasteiger partial charge in [0.25, 0.3) is 0 Å². The van der Waals surface area contributed by atoms with E-state index in [1.165, 1.54) is 0 Å². The Labute approximate surface area is 84.5 Å². The van der Waals surface area contributed by atoms with Crippen LogP contribution in [0.1, 0.15) is 31.7 Å². The summed E-state index contributed by atoms with van der Waals surface area (Å²) in [6.07, 6.45) is 0.928. The molecule has 0 amide bonds. The summed E-state index contributed by atoms with van der Waals surface area (Å²) in [6.45, 7) is 7.91. The molecule has 1 N–H and O–H groups in total. The van der Waals surface area contributed by atoms with Crippen LogP contribution in [0.4, 0.5) is 5.95 Å². The quantitative estimate of drug-likeness (QED) is 0.590. The number of nitrogens with one attached hydrogen (secondary N) is 1. The molecular formula is C10H16N4. The second-order valence-corrected chi connectivity index (χ2v) is 3.29. The molecule has 0 aliphatic rings. The van der Waals surface area contributed by atoms with E-state index < -0.39 is 0 Å². The monoisotopic (exact) mass is 192 g/mol. The Morgan fingerprint density at radius 3 is 2.43 bits per heavy atom. The standard InChI is InChI=1S/C10H16N4/c1-5-7(2)13-14-10-11-8(3)6-9(4)12-10/h6H,5H2,1-4H3,(H,11,12,14)/b13-7+. The second-order valence-electron chi connectivity index (χ2n) is 3.29. The largest absolute Gasteiger partial charge is 0.245 e. The van der Waals surface area contributed by atoms with Gasteiger partial charge < -0.3 is 0 Å².